The average Bonchev–Trinajstić information content (AvgIpc) is 2.81. The minimum atomic E-state index is -0.149. The van der Waals surface area contributed by atoms with Crippen molar-refractivity contribution in [2.24, 2.45) is 5.92 Å². The molecule has 1 fully saturated rings. The molecule has 2 heterocycles. The SMILES string of the molecule is Cc1cc(C(=O)NCCCN2CCC[C@@H](C)C2)no1. The quantitative estimate of drug-likeness (QED) is 0.825. The molecule has 0 unspecified atom stereocenters. The summed E-state index contributed by atoms with van der Waals surface area (Å²) in [7, 11) is 0. The molecule has 1 saturated heterocycles. The lowest BCUT2D eigenvalue weighted by Gasteiger charge is -2.30. The minimum absolute atomic E-state index is 0.149. The second-order valence-corrected chi connectivity index (χ2v) is 5.48. The van der Waals surface area contributed by atoms with Crippen LogP contribution in [0.25, 0.3) is 0 Å². The first-order valence-corrected chi connectivity index (χ1v) is 7.09. The Morgan fingerprint density at radius 3 is 3.16 bits per heavy atom. The molecule has 1 aromatic heterocycles. The van der Waals surface area contributed by atoms with E-state index in [1.807, 2.05) is 0 Å². The van der Waals surface area contributed by atoms with Crippen LogP contribution < -0.4 is 5.32 Å². The zero-order valence-electron chi connectivity index (χ0n) is 11.8. The fourth-order valence-corrected chi connectivity index (χ4v) is 2.56. The van der Waals surface area contributed by atoms with Gasteiger partial charge in [-0.2, -0.15) is 0 Å². The van der Waals surface area contributed by atoms with Gasteiger partial charge in [-0.15, -0.1) is 0 Å². The van der Waals surface area contributed by atoms with Crippen LogP contribution in [-0.2, 0) is 0 Å². The summed E-state index contributed by atoms with van der Waals surface area (Å²) in [4.78, 5) is 14.2. The zero-order chi connectivity index (χ0) is 13.7. The first-order chi connectivity index (χ1) is 9.15. The molecular formula is C14H23N3O2. The van der Waals surface area contributed by atoms with Crippen LogP contribution in [0.5, 0.6) is 0 Å². The van der Waals surface area contributed by atoms with E-state index in [0.29, 0.717) is 18.0 Å². The third kappa shape index (κ3) is 4.35. The van der Waals surface area contributed by atoms with Gasteiger partial charge in [-0.1, -0.05) is 12.1 Å². The zero-order valence-corrected chi connectivity index (χ0v) is 11.8. The van der Waals surface area contributed by atoms with E-state index < -0.39 is 0 Å². The molecule has 1 aromatic rings. The highest BCUT2D eigenvalue weighted by Crippen LogP contribution is 2.15. The summed E-state index contributed by atoms with van der Waals surface area (Å²) < 4.78 is 4.88. The number of hydrogen-bond donors (Lipinski definition) is 1. The van der Waals surface area contributed by atoms with E-state index in [-0.39, 0.29) is 5.91 Å². The van der Waals surface area contributed by atoms with Crippen molar-refractivity contribution in [2.75, 3.05) is 26.2 Å². The number of nitrogens with one attached hydrogen (secondary N) is 1. The van der Waals surface area contributed by atoms with Crippen LogP contribution in [0.2, 0.25) is 0 Å². The lowest BCUT2D eigenvalue weighted by atomic mass is 10.0. The lowest BCUT2D eigenvalue weighted by Crippen LogP contribution is -2.36. The molecule has 5 heteroatoms. The van der Waals surface area contributed by atoms with Crippen LogP contribution >= 0.6 is 0 Å². The van der Waals surface area contributed by atoms with Crippen molar-refractivity contribution < 1.29 is 9.32 Å². The molecule has 0 aliphatic carbocycles. The maximum Gasteiger partial charge on any atom is 0.273 e. The highest BCUT2D eigenvalue weighted by atomic mass is 16.5. The molecular weight excluding hydrogens is 242 g/mol. The summed E-state index contributed by atoms with van der Waals surface area (Å²) in [5.41, 5.74) is 0.365. The number of nitrogens with zero attached hydrogens (tertiary/aromatic N) is 2. The molecule has 0 radical (unpaired) electrons. The van der Waals surface area contributed by atoms with Crippen molar-refractivity contribution in [3.05, 3.63) is 17.5 Å². The standard InChI is InChI=1S/C14H23N3O2/c1-11-5-3-7-17(10-11)8-4-6-15-14(18)13-9-12(2)19-16-13/h9,11H,3-8,10H2,1-2H3,(H,15,18)/t11-/m1/s1. The highest BCUT2D eigenvalue weighted by molar-refractivity contribution is 5.92. The smallest absolute Gasteiger partial charge is 0.273 e. The van der Waals surface area contributed by atoms with Gasteiger partial charge in [0.25, 0.3) is 5.91 Å². The van der Waals surface area contributed by atoms with Crippen LogP contribution in [0.1, 0.15) is 42.4 Å². The van der Waals surface area contributed by atoms with Crippen molar-refractivity contribution in [1.29, 1.82) is 0 Å². The molecule has 0 spiro atoms. The largest absolute Gasteiger partial charge is 0.361 e. The maximum atomic E-state index is 11.7. The van der Waals surface area contributed by atoms with Gasteiger partial charge < -0.3 is 14.7 Å². The van der Waals surface area contributed by atoms with Gasteiger partial charge in [0, 0.05) is 19.2 Å². The normalized spacial score (nSPS) is 20.4. The van der Waals surface area contributed by atoms with Gasteiger partial charge in [0.1, 0.15) is 5.76 Å². The van der Waals surface area contributed by atoms with E-state index in [1.165, 1.54) is 25.9 Å². The number of aryl methyl sites for hydroxylation is 1. The first-order valence-electron chi connectivity index (χ1n) is 7.09. The summed E-state index contributed by atoms with van der Waals surface area (Å²) >= 11 is 0. The Morgan fingerprint density at radius 2 is 2.47 bits per heavy atom. The fourth-order valence-electron chi connectivity index (χ4n) is 2.56. The summed E-state index contributed by atoms with van der Waals surface area (Å²) in [5, 5.41) is 6.57. The Kier molecular flexibility index (Phi) is 4.96. The number of carbonyl (C=O) groups is 1. The highest BCUT2D eigenvalue weighted by Gasteiger charge is 2.15. The predicted molar refractivity (Wildman–Crippen MR) is 73.0 cm³/mol. The third-order valence-corrected chi connectivity index (χ3v) is 3.54. The molecule has 1 aliphatic heterocycles. The van der Waals surface area contributed by atoms with E-state index in [0.717, 1.165) is 18.9 Å². The van der Waals surface area contributed by atoms with E-state index in [9.17, 15) is 4.79 Å². The van der Waals surface area contributed by atoms with Crippen molar-refractivity contribution >= 4 is 5.91 Å². The average molecular weight is 265 g/mol. The molecule has 0 aromatic carbocycles. The number of aromatic nitrogens is 1. The van der Waals surface area contributed by atoms with Crippen molar-refractivity contribution in [1.82, 2.24) is 15.4 Å². The lowest BCUT2D eigenvalue weighted by molar-refractivity contribution is 0.0941. The molecule has 5 nitrogen and oxygen atoms in total. The Morgan fingerprint density at radius 1 is 1.63 bits per heavy atom. The number of rotatable bonds is 5. The Balaban J connectivity index is 1.62. The van der Waals surface area contributed by atoms with Gasteiger partial charge in [-0.3, -0.25) is 4.79 Å². The van der Waals surface area contributed by atoms with Gasteiger partial charge in [0.05, 0.1) is 0 Å². The van der Waals surface area contributed by atoms with Crippen LogP contribution in [-0.4, -0.2) is 42.1 Å². The van der Waals surface area contributed by atoms with Gasteiger partial charge in [0.15, 0.2) is 5.69 Å². The van der Waals surface area contributed by atoms with E-state index in [4.69, 9.17) is 4.52 Å². The first kappa shape index (κ1) is 14.1. The number of amides is 1. The number of likely N-dealkylation sites (tertiary alicyclic amines) is 1. The van der Waals surface area contributed by atoms with E-state index in [2.05, 4.69) is 22.3 Å². The summed E-state index contributed by atoms with van der Waals surface area (Å²) in [6.45, 7) is 8.22. The third-order valence-electron chi connectivity index (χ3n) is 3.54. The van der Waals surface area contributed by atoms with Crippen LogP contribution in [0.3, 0.4) is 0 Å². The molecule has 1 atom stereocenters. The van der Waals surface area contributed by atoms with Gasteiger partial charge in [0.2, 0.25) is 0 Å². The number of carbonyl (C=O) groups excluding carboxylic acids is 1. The Bertz CT molecular complexity index is 417. The minimum Gasteiger partial charge on any atom is -0.361 e. The van der Waals surface area contributed by atoms with E-state index in [1.54, 1.807) is 13.0 Å². The van der Waals surface area contributed by atoms with Crippen LogP contribution in [0, 0.1) is 12.8 Å². The summed E-state index contributed by atoms with van der Waals surface area (Å²) in [6.07, 6.45) is 3.62. The Labute approximate surface area is 114 Å². The molecule has 106 valence electrons. The second-order valence-electron chi connectivity index (χ2n) is 5.48. The molecule has 1 amide bonds. The van der Waals surface area contributed by atoms with E-state index >= 15 is 0 Å². The molecule has 2 rings (SSSR count). The monoisotopic (exact) mass is 265 g/mol. The van der Waals surface area contributed by atoms with Gasteiger partial charge >= 0.3 is 0 Å². The number of hydrogen-bond acceptors (Lipinski definition) is 4. The molecule has 1 aliphatic rings. The predicted octanol–water partition coefficient (Wildman–Crippen LogP) is 1.83. The van der Waals surface area contributed by atoms with Crippen molar-refractivity contribution in [2.45, 2.75) is 33.1 Å². The summed E-state index contributed by atoms with van der Waals surface area (Å²) in [5.74, 6) is 1.32. The summed E-state index contributed by atoms with van der Waals surface area (Å²) in [6, 6.07) is 1.65. The van der Waals surface area contributed by atoms with Gasteiger partial charge in [-0.05, 0) is 45.2 Å². The number of piperidine rings is 1. The topological polar surface area (TPSA) is 58.4 Å². The van der Waals surface area contributed by atoms with Gasteiger partial charge in [-0.25, -0.2) is 0 Å². The second kappa shape index (κ2) is 6.70. The van der Waals surface area contributed by atoms with Crippen LogP contribution in [0.15, 0.2) is 10.6 Å². The fraction of sp³-hybridized carbons (Fsp3) is 0.714. The molecule has 0 saturated carbocycles. The molecule has 19 heavy (non-hydrogen) atoms. The molecule has 0 bridgehead atoms. The van der Waals surface area contributed by atoms with Crippen LogP contribution in [0.4, 0.5) is 0 Å². The van der Waals surface area contributed by atoms with Crippen molar-refractivity contribution in [3.63, 3.8) is 0 Å². The van der Waals surface area contributed by atoms with Crippen molar-refractivity contribution in [3.8, 4) is 0 Å². The molecule has 1 N–H and O–H groups in total. The maximum absolute atomic E-state index is 11.7. The Hall–Kier alpha value is -1.36.